The van der Waals surface area contributed by atoms with Gasteiger partial charge in [-0.25, -0.2) is 22.2 Å². The predicted molar refractivity (Wildman–Crippen MR) is 122 cm³/mol. The minimum Gasteiger partial charge on any atom is -0.454 e. The Hall–Kier alpha value is -3.79. The van der Waals surface area contributed by atoms with Gasteiger partial charge in [0.15, 0.2) is 11.6 Å². The van der Waals surface area contributed by atoms with Crippen molar-refractivity contribution in [1.82, 2.24) is 9.97 Å². The number of anilines is 1. The summed E-state index contributed by atoms with van der Waals surface area (Å²) in [4.78, 5) is 19.2. The molecule has 0 atom stereocenters. The van der Waals surface area contributed by atoms with Crippen LogP contribution in [-0.4, -0.2) is 24.6 Å². The van der Waals surface area contributed by atoms with E-state index in [1.54, 1.807) is 18.2 Å². The minimum absolute atomic E-state index is 0.196. The highest BCUT2D eigenvalue weighted by Gasteiger charge is 2.15. The molecule has 10 heteroatoms. The van der Waals surface area contributed by atoms with Gasteiger partial charge in [0.05, 0.1) is 17.3 Å². The Kier molecular flexibility index (Phi) is 5.86. The Labute approximate surface area is 188 Å². The summed E-state index contributed by atoms with van der Waals surface area (Å²) in [6.45, 7) is 1.82. The summed E-state index contributed by atoms with van der Waals surface area (Å²) >= 11 is 0. The van der Waals surface area contributed by atoms with Crippen molar-refractivity contribution in [2.75, 3.05) is 11.0 Å². The van der Waals surface area contributed by atoms with Crippen LogP contribution in [0.5, 0.6) is 11.5 Å². The summed E-state index contributed by atoms with van der Waals surface area (Å²) in [5, 5.41) is 0. The van der Waals surface area contributed by atoms with Gasteiger partial charge in [-0.2, -0.15) is 0 Å². The summed E-state index contributed by atoms with van der Waals surface area (Å²) in [5.74, 6) is -1.62. The largest absolute Gasteiger partial charge is 0.454 e. The van der Waals surface area contributed by atoms with Crippen LogP contribution in [0.25, 0.3) is 22.2 Å². The van der Waals surface area contributed by atoms with Crippen LogP contribution in [0.3, 0.4) is 0 Å². The van der Waals surface area contributed by atoms with Gasteiger partial charge in [0.2, 0.25) is 10.0 Å². The predicted octanol–water partition coefficient (Wildman–Crippen LogP) is 4.59. The van der Waals surface area contributed by atoms with Crippen molar-refractivity contribution in [3.63, 3.8) is 0 Å². The number of aromatic nitrogens is 2. The molecule has 0 amide bonds. The van der Waals surface area contributed by atoms with Gasteiger partial charge in [0.25, 0.3) is 5.56 Å². The summed E-state index contributed by atoms with van der Waals surface area (Å²) in [7, 11) is -3.55. The van der Waals surface area contributed by atoms with E-state index in [4.69, 9.17) is 4.74 Å². The van der Waals surface area contributed by atoms with Gasteiger partial charge in [-0.1, -0.05) is 13.0 Å². The number of nitrogens with zero attached hydrogens (tertiary/aromatic N) is 1. The molecule has 0 radical (unpaired) electrons. The van der Waals surface area contributed by atoms with E-state index in [-0.39, 0.29) is 22.7 Å². The number of rotatable bonds is 6. The van der Waals surface area contributed by atoms with Crippen molar-refractivity contribution in [3.8, 4) is 22.6 Å². The van der Waals surface area contributed by atoms with E-state index in [1.165, 1.54) is 18.2 Å². The van der Waals surface area contributed by atoms with Crippen LogP contribution in [0.2, 0.25) is 0 Å². The summed E-state index contributed by atoms with van der Waals surface area (Å²) in [6.07, 6.45) is 1.47. The zero-order chi connectivity index (χ0) is 23.8. The molecule has 0 aliphatic heterocycles. The third-order valence-electron chi connectivity index (χ3n) is 4.81. The van der Waals surface area contributed by atoms with E-state index in [0.717, 1.165) is 18.4 Å². The molecular formula is C23H19F2N3O4S. The number of sulfonamides is 1. The van der Waals surface area contributed by atoms with Crippen molar-refractivity contribution in [1.29, 1.82) is 0 Å². The van der Waals surface area contributed by atoms with Crippen LogP contribution in [0.4, 0.5) is 14.5 Å². The van der Waals surface area contributed by atoms with Crippen LogP contribution < -0.4 is 15.0 Å². The van der Waals surface area contributed by atoms with Crippen LogP contribution in [0.1, 0.15) is 12.6 Å². The van der Waals surface area contributed by atoms with Crippen LogP contribution in [0.15, 0.2) is 59.4 Å². The SMILES string of the molecule is CCc1nc2cc(-c3cc(NS(C)(=O)=O)ccc3Oc3ccc(F)cc3F)ccc2[nH]c1=O. The Balaban J connectivity index is 1.87. The zero-order valence-corrected chi connectivity index (χ0v) is 18.5. The van der Waals surface area contributed by atoms with Crippen LogP contribution in [0, 0.1) is 11.6 Å². The molecule has 0 aliphatic rings. The normalized spacial score (nSPS) is 11.5. The topological polar surface area (TPSA) is 101 Å². The summed E-state index contributed by atoms with van der Waals surface area (Å²) < 4.78 is 59.0. The monoisotopic (exact) mass is 471 g/mol. The molecule has 3 aromatic carbocycles. The van der Waals surface area contributed by atoms with E-state index < -0.39 is 21.7 Å². The molecule has 4 aromatic rings. The molecular weight excluding hydrogens is 452 g/mol. The van der Waals surface area contributed by atoms with Gasteiger partial charge in [-0.05, 0) is 54.4 Å². The van der Waals surface area contributed by atoms with Crippen molar-refractivity contribution >= 4 is 26.7 Å². The Morgan fingerprint density at radius 2 is 1.79 bits per heavy atom. The molecule has 0 spiro atoms. The number of hydrogen-bond acceptors (Lipinski definition) is 5. The first-order chi connectivity index (χ1) is 15.6. The number of hydrogen-bond donors (Lipinski definition) is 2. The van der Waals surface area contributed by atoms with Crippen molar-refractivity contribution in [3.05, 3.63) is 82.3 Å². The average Bonchev–Trinajstić information content (AvgIpc) is 2.74. The molecule has 0 fully saturated rings. The first-order valence-corrected chi connectivity index (χ1v) is 11.8. The Bertz CT molecular complexity index is 1540. The number of aromatic amines is 1. The van der Waals surface area contributed by atoms with Gasteiger partial charge in [-0.15, -0.1) is 0 Å². The highest BCUT2D eigenvalue weighted by Crippen LogP contribution is 2.37. The molecule has 1 heterocycles. The fourth-order valence-corrected chi connectivity index (χ4v) is 3.88. The fourth-order valence-electron chi connectivity index (χ4n) is 3.33. The Morgan fingerprint density at radius 1 is 1.03 bits per heavy atom. The average molecular weight is 471 g/mol. The second-order valence-electron chi connectivity index (χ2n) is 7.36. The molecule has 7 nitrogen and oxygen atoms in total. The van der Waals surface area contributed by atoms with Crippen molar-refractivity contribution in [2.24, 2.45) is 0 Å². The third kappa shape index (κ3) is 5.01. The van der Waals surface area contributed by atoms with Gasteiger partial charge in [0.1, 0.15) is 17.3 Å². The maximum absolute atomic E-state index is 14.2. The van der Waals surface area contributed by atoms with Gasteiger partial charge in [-0.3, -0.25) is 9.52 Å². The highest BCUT2D eigenvalue weighted by atomic mass is 32.2. The van der Waals surface area contributed by atoms with Gasteiger partial charge in [0, 0.05) is 17.3 Å². The quantitative estimate of drug-likeness (QED) is 0.428. The van der Waals surface area contributed by atoms with E-state index >= 15 is 0 Å². The van der Waals surface area contributed by atoms with E-state index in [2.05, 4.69) is 14.7 Å². The first-order valence-electron chi connectivity index (χ1n) is 9.91. The number of nitrogens with one attached hydrogen (secondary N) is 2. The molecule has 0 unspecified atom stereocenters. The molecule has 33 heavy (non-hydrogen) atoms. The first kappa shape index (κ1) is 22.4. The molecule has 0 saturated heterocycles. The number of ether oxygens (including phenoxy) is 1. The highest BCUT2D eigenvalue weighted by molar-refractivity contribution is 7.92. The second kappa shape index (κ2) is 8.62. The molecule has 0 bridgehead atoms. The Morgan fingerprint density at radius 3 is 2.48 bits per heavy atom. The van der Waals surface area contributed by atoms with E-state index in [9.17, 15) is 22.0 Å². The lowest BCUT2D eigenvalue weighted by molar-refractivity contribution is 0.439. The maximum atomic E-state index is 14.2. The lowest BCUT2D eigenvalue weighted by Crippen LogP contribution is -2.14. The van der Waals surface area contributed by atoms with Crippen molar-refractivity contribution < 1.29 is 21.9 Å². The van der Waals surface area contributed by atoms with E-state index in [1.807, 2.05) is 6.92 Å². The number of H-pyrrole nitrogens is 1. The molecule has 0 saturated carbocycles. The van der Waals surface area contributed by atoms with Gasteiger partial charge < -0.3 is 9.72 Å². The smallest absolute Gasteiger partial charge is 0.270 e. The number of halogens is 2. The maximum Gasteiger partial charge on any atom is 0.270 e. The van der Waals surface area contributed by atoms with E-state index in [0.29, 0.717) is 40.3 Å². The molecule has 0 aliphatic carbocycles. The zero-order valence-electron chi connectivity index (χ0n) is 17.6. The molecule has 2 N–H and O–H groups in total. The number of fused-ring (bicyclic) bond motifs is 1. The van der Waals surface area contributed by atoms with Gasteiger partial charge >= 0.3 is 0 Å². The summed E-state index contributed by atoms with van der Waals surface area (Å²) in [5.41, 5.74) is 2.43. The molecule has 1 aromatic heterocycles. The minimum atomic E-state index is -3.55. The second-order valence-corrected chi connectivity index (χ2v) is 9.11. The third-order valence-corrected chi connectivity index (χ3v) is 5.41. The van der Waals surface area contributed by atoms with Crippen molar-refractivity contribution in [2.45, 2.75) is 13.3 Å². The fraction of sp³-hybridized carbons (Fsp3) is 0.130. The molecule has 170 valence electrons. The van der Waals surface area contributed by atoms with Crippen LogP contribution >= 0.6 is 0 Å². The lowest BCUT2D eigenvalue weighted by atomic mass is 10.0. The number of benzene rings is 3. The number of aryl methyl sites for hydroxylation is 1. The standard InChI is InChI=1S/C23H19F2N3O4S/c1-3-18-23(29)27-19-7-4-13(10-20(19)26-18)16-12-15(28-33(2,30)31)6-9-21(16)32-22-8-5-14(24)11-17(22)25/h4-12,28H,3H2,1-2H3,(H,27,29). The van der Waals surface area contributed by atoms with Crippen LogP contribution in [-0.2, 0) is 16.4 Å². The molecule has 4 rings (SSSR count). The summed E-state index contributed by atoms with van der Waals surface area (Å²) in [6, 6.07) is 12.5. The lowest BCUT2D eigenvalue weighted by Gasteiger charge is -2.15.